The lowest BCUT2D eigenvalue weighted by molar-refractivity contribution is -0.130. The number of alkyl halides is 1. The molecule has 0 spiro atoms. The van der Waals surface area contributed by atoms with Crippen molar-refractivity contribution >= 4 is 35.2 Å². The summed E-state index contributed by atoms with van der Waals surface area (Å²) in [6, 6.07) is 16.9. The molecular weight excluding hydrogens is 732 g/mol. The highest BCUT2D eigenvalue weighted by Gasteiger charge is 2.33. The molecule has 1 aliphatic heterocycles. The quantitative estimate of drug-likeness (QED) is 0.134. The number of hydrogen-bond acceptors (Lipinski definition) is 8. The number of ether oxygens (including phenoxy) is 3. The van der Waals surface area contributed by atoms with Crippen LogP contribution < -0.4 is 14.8 Å². The summed E-state index contributed by atoms with van der Waals surface area (Å²) in [5, 5.41) is 4.09. The second kappa shape index (κ2) is 18.3. The summed E-state index contributed by atoms with van der Waals surface area (Å²) < 4.78 is 29.8. The van der Waals surface area contributed by atoms with Gasteiger partial charge in [-0.25, -0.2) is 9.78 Å². The molecule has 1 N–H and O–H groups in total. The second-order valence-electron chi connectivity index (χ2n) is 14.1. The van der Waals surface area contributed by atoms with Crippen molar-refractivity contribution in [2.24, 2.45) is 0 Å². The number of benzene rings is 2. The summed E-state index contributed by atoms with van der Waals surface area (Å²) in [7, 11) is 3.15. The molecule has 0 bridgehead atoms. The van der Waals surface area contributed by atoms with E-state index in [1.807, 2.05) is 75.4 Å². The Bertz CT molecular complexity index is 1950. The number of carbonyl (C=O) groups excluding carboxylic acids is 2. The van der Waals surface area contributed by atoms with E-state index in [1.165, 1.54) is 0 Å². The smallest absolute Gasteiger partial charge is 0.410 e. The molecule has 2 aromatic heterocycles. The predicted molar refractivity (Wildman–Crippen MR) is 211 cm³/mol. The molecule has 54 heavy (non-hydrogen) atoms. The van der Waals surface area contributed by atoms with Crippen LogP contribution in [0.5, 0.6) is 11.6 Å². The average molecular weight is 781 g/mol. The first-order chi connectivity index (χ1) is 25.8. The van der Waals surface area contributed by atoms with Crippen molar-refractivity contribution < 1.29 is 28.2 Å². The van der Waals surface area contributed by atoms with E-state index < -0.39 is 11.7 Å². The van der Waals surface area contributed by atoms with Gasteiger partial charge in [0.1, 0.15) is 11.4 Å². The van der Waals surface area contributed by atoms with Crippen LogP contribution in [-0.4, -0.2) is 83.9 Å². The van der Waals surface area contributed by atoms with Gasteiger partial charge in [-0.05, 0) is 70.8 Å². The lowest BCUT2D eigenvalue weighted by Gasteiger charge is -2.39. The average Bonchev–Trinajstić information content (AvgIpc) is 3.15. The van der Waals surface area contributed by atoms with Crippen LogP contribution in [0.4, 0.5) is 9.18 Å². The zero-order chi connectivity index (χ0) is 39.0. The molecule has 13 heteroatoms. The highest BCUT2D eigenvalue weighted by Crippen LogP contribution is 2.42. The summed E-state index contributed by atoms with van der Waals surface area (Å²) in [4.78, 5) is 38.5. The third kappa shape index (κ3) is 9.80. The molecule has 2 aromatic carbocycles. The fraction of sp³-hybridized carbons (Fsp3) is 0.415. The maximum atomic E-state index is 13.5. The van der Waals surface area contributed by atoms with Gasteiger partial charge in [0, 0.05) is 72.2 Å². The number of methoxy groups -OCH3 is 2. The summed E-state index contributed by atoms with van der Waals surface area (Å²) in [5.41, 5.74) is 4.92. The predicted octanol–water partition coefficient (Wildman–Crippen LogP) is 9.00. The minimum absolute atomic E-state index is 0.0240. The second-order valence-corrected chi connectivity index (χ2v) is 14.9. The number of aromatic nitrogens is 2. The van der Waals surface area contributed by atoms with Crippen molar-refractivity contribution in [3.8, 4) is 45.3 Å². The molecule has 0 atom stereocenters. The van der Waals surface area contributed by atoms with Crippen molar-refractivity contribution in [2.45, 2.75) is 71.7 Å². The van der Waals surface area contributed by atoms with Gasteiger partial charge in [0.25, 0.3) is 0 Å². The Hall–Kier alpha value is -4.45. The largest absolute Gasteiger partial charge is 0.496 e. The highest BCUT2D eigenvalue weighted by atomic mass is 35.5. The van der Waals surface area contributed by atoms with E-state index in [-0.39, 0.29) is 25.2 Å². The molecule has 0 radical (unpaired) electrons. The molecule has 4 aromatic rings. The van der Waals surface area contributed by atoms with Crippen LogP contribution in [0.2, 0.25) is 10.0 Å². The lowest BCUT2D eigenvalue weighted by atomic mass is 9.99. The van der Waals surface area contributed by atoms with E-state index in [0.717, 1.165) is 11.1 Å². The number of pyridine rings is 2. The van der Waals surface area contributed by atoms with Gasteiger partial charge in [-0.15, -0.1) is 0 Å². The van der Waals surface area contributed by atoms with Gasteiger partial charge in [0.2, 0.25) is 11.8 Å². The third-order valence-electron chi connectivity index (χ3n) is 9.27. The number of likely N-dealkylation sites (tertiary alicyclic amines) is 1. The van der Waals surface area contributed by atoms with Crippen LogP contribution >= 0.6 is 23.2 Å². The van der Waals surface area contributed by atoms with Gasteiger partial charge in [0.15, 0.2) is 0 Å². The number of nitrogens with one attached hydrogen (secondary N) is 1. The van der Waals surface area contributed by atoms with E-state index in [9.17, 15) is 14.0 Å². The first kappa shape index (κ1) is 40.7. The SMILES string of the molecule is COc1cc(-c2nccc(-c3cccc(-c4ccc(CN(C(=O)OC(C)(C)C)C5CCN(C(C)=O)CC5)c(OC)n4)c3Cl)c2Cl)ccc1CNCCCF. The van der Waals surface area contributed by atoms with Crippen molar-refractivity contribution in [3.63, 3.8) is 0 Å². The maximum absolute atomic E-state index is 13.5. The number of rotatable bonds is 13. The Balaban J connectivity index is 1.43. The molecule has 3 heterocycles. The van der Waals surface area contributed by atoms with Crippen LogP contribution in [0.25, 0.3) is 33.6 Å². The summed E-state index contributed by atoms with van der Waals surface area (Å²) in [6.45, 7) is 9.15. The van der Waals surface area contributed by atoms with Gasteiger partial charge < -0.3 is 29.3 Å². The van der Waals surface area contributed by atoms with E-state index in [1.54, 1.807) is 37.1 Å². The van der Waals surface area contributed by atoms with Crippen molar-refractivity contribution in [3.05, 3.63) is 82.0 Å². The molecule has 288 valence electrons. The first-order valence-electron chi connectivity index (χ1n) is 18.0. The molecule has 0 aliphatic carbocycles. The molecule has 1 aliphatic rings. The van der Waals surface area contributed by atoms with Crippen LogP contribution in [0, 0.1) is 0 Å². The van der Waals surface area contributed by atoms with Crippen LogP contribution in [0.3, 0.4) is 0 Å². The van der Waals surface area contributed by atoms with Crippen LogP contribution in [-0.2, 0) is 22.6 Å². The number of hydrogen-bond donors (Lipinski definition) is 1. The van der Waals surface area contributed by atoms with Gasteiger partial charge in [-0.1, -0.05) is 53.5 Å². The summed E-state index contributed by atoms with van der Waals surface area (Å²) >= 11 is 14.2. The zero-order valence-corrected chi connectivity index (χ0v) is 33.2. The van der Waals surface area contributed by atoms with E-state index in [0.29, 0.717) is 101 Å². The topological polar surface area (TPSA) is 106 Å². The number of halogens is 3. The zero-order valence-electron chi connectivity index (χ0n) is 31.7. The van der Waals surface area contributed by atoms with E-state index in [4.69, 9.17) is 42.4 Å². The van der Waals surface area contributed by atoms with Gasteiger partial charge in [0.05, 0.1) is 48.9 Å². The first-order valence-corrected chi connectivity index (χ1v) is 18.8. The fourth-order valence-corrected chi connectivity index (χ4v) is 7.15. The number of nitrogens with zero attached hydrogens (tertiary/aromatic N) is 4. The van der Waals surface area contributed by atoms with E-state index in [2.05, 4.69) is 10.3 Å². The van der Waals surface area contributed by atoms with Crippen molar-refractivity contribution in [2.75, 3.05) is 40.5 Å². The highest BCUT2D eigenvalue weighted by molar-refractivity contribution is 6.39. The van der Waals surface area contributed by atoms with Crippen LogP contribution in [0.1, 0.15) is 58.1 Å². The van der Waals surface area contributed by atoms with Crippen molar-refractivity contribution in [1.29, 1.82) is 0 Å². The number of amides is 2. The molecule has 5 rings (SSSR count). The Kier molecular flexibility index (Phi) is 13.8. The normalized spacial score (nSPS) is 13.5. The number of piperidine rings is 1. The fourth-order valence-electron chi connectivity index (χ4n) is 6.50. The molecule has 1 saturated heterocycles. The molecule has 0 unspecified atom stereocenters. The minimum Gasteiger partial charge on any atom is -0.496 e. The molecule has 10 nitrogen and oxygen atoms in total. The molecule has 1 fully saturated rings. The Morgan fingerprint density at radius 2 is 1.67 bits per heavy atom. The van der Waals surface area contributed by atoms with Gasteiger partial charge in [-0.2, -0.15) is 0 Å². The van der Waals surface area contributed by atoms with Gasteiger partial charge in [-0.3, -0.25) is 14.2 Å². The maximum Gasteiger partial charge on any atom is 0.410 e. The Labute approximate surface area is 326 Å². The summed E-state index contributed by atoms with van der Waals surface area (Å²) in [5.74, 6) is 1.04. The van der Waals surface area contributed by atoms with Gasteiger partial charge >= 0.3 is 6.09 Å². The molecule has 2 amide bonds. The standard InChI is InChI=1S/C41H48Cl2FN5O5/c1-26(50)48-21-16-30(17-22-48)49(40(51)54-41(2,3)4)25-29-13-14-34(47-39(29)53-6)33-10-7-9-31(36(33)42)32-15-20-46-38(37(32)43)27-11-12-28(35(23-27)52-5)24-45-19-8-18-44/h7,9-15,20,23,30,45H,8,16-19,21-22,24-25H2,1-6H3. The molecular formula is C41H48Cl2FN5O5. The third-order valence-corrected chi connectivity index (χ3v) is 10.1. The summed E-state index contributed by atoms with van der Waals surface area (Å²) in [6.07, 6.45) is 2.97. The molecule has 0 saturated carbocycles. The monoisotopic (exact) mass is 779 g/mol. The van der Waals surface area contributed by atoms with Crippen LogP contribution in [0.15, 0.2) is 60.8 Å². The van der Waals surface area contributed by atoms with Crippen molar-refractivity contribution in [1.82, 2.24) is 25.1 Å². The lowest BCUT2D eigenvalue weighted by Crippen LogP contribution is -2.49. The minimum atomic E-state index is -0.686. The Morgan fingerprint density at radius 3 is 2.33 bits per heavy atom. The number of carbonyl (C=O) groups is 2. The Morgan fingerprint density at radius 1 is 0.963 bits per heavy atom. The van der Waals surface area contributed by atoms with E-state index >= 15 is 0 Å².